The zero-order valence-corrected chi connectivity index (χ0v) is 10.8. The van der Waals surface area contributed by atoms with Crippen molar-refractivity contribution in [1.29, 1.82) is 0 Å². The first kappa shape index (κ1) is 10.8. The third-order valence-corrected chi connectivity index (χ3v) is 4.18. The van der Waals surface area contributed by atoms with Crippen LogP contribution in [0.5, 0.6) is 0 Å². The SMILES string of the molecule is Cc1ncc(-c2cccc(N3CCCC3)c2)s1. The second-order valence-corrected chi connectivity index (χ2v) is 5.72. The fourth-order valence-electron chi connectivity index (χ4n) is 2.33. The molecule has 3 heteroatoms. The number of anilines is 1. The van der Waals surface area contributed by atoms with E-state index in [1.807, 2.05) is 6.20 Å². The van der Waals surface area contributed by atoms with Crippen molar-refractivity contribution >= 4 is 17.0 Å². The lowest BCUT2D eigenvalue weighted by atomic mass is 10.1. The highest BCUT2D eigenvalue weighted by Gasteiger charge is 2.13. The number of hydrogen-bond acceptors (Lipinski definition) is 3. The monoisotopic (exact) mass is 244 g/mol. The van der Waals surface area contributed by atoms with Gasteiger partial charge in [0, 0.05) is 25.0 Å². The lowest BCUT2D eigenvalue weighted by Gasteiger charge is -2.18. The summed E-state index contributed by atoms with van der Waals surface area (Å²) in [5.41, 5.74) is 2.64. The van der Waals surface area contributed by atoms with Crippen molar-refractivity contribution in [2.24, 2.45) is 0 Å². The summed E-state index contributed by atoms with van der Waals surface area (Å²) < 4.78 is 0. The first-order valence-electron chi connectivity index (χ1n) is 6.11. The third-order valence-electron chi connectivity index (χ3n) is 3.22. The molecule has 0 atom stereocenters. The number of rotatable bonds is 2. The summed E-state index contributed by atoms with van der Waals surface area (Å²) in [7, 11) is 0. The lowest BCUT2D eigenvalue weighted by molar-refractivity contribution is 0.949. The van der Waals surface area contributed by atoms with Crippen LogP contribution in [0.3, 0.4) is 0 Å². The van der Waals surface area contributed by atoms with Gasteiger partial charge in [-0.15, -0.1) is 11.3 Å². The fraction of sp³-hybridized carbons (Fsp3) is 0.357. The Balaban J connectivity index is 1.93. The van der Waals surface area contributed by atoms with Crippen LogP contribution in [0, 0.1) is 6.92 Å². The highest BCUT2D eigenvalue weighted by molar-refractivity contribution is 7.15. The molecule has 88 valence electrons. The summed E-state index contributed by atoms with van der Waals surface area (Å²) in [6, 6.07) is 8.82. The molecule has 1 aromatic heterocycles. The van der Waals surface area contributed by atoms with Crippen molar-refractivity contribution < 1.29 is 0 Å². The van der Waals surface area contributed by atoms with Gasteiger partial charge >= 0.3 is 0 Å². The van der Waals surface area contributed by atoms with E-state index in [1.54, 1.807) is 11.3 Å². The van der Waals surface area contributed by atoms with Gasteiger partial charge < -0.3 is 4.90 Å². The Bertz CT molecular complexity index is 512. The average molecular weight is 244 g/mol. The zero-order valence-electron chi connectivity index (χ0n) is 10.0. The molecule has 1 saturated heterocycles. The maximum atomic E-state index is 4.33. The van der Waals surface area contributed by atoms with Gasteiger partial charge in [-0.25, -0.2) is 4.98 Å². The molecule has 1 aliphatic heterocycles. The predicted molar refractivity (Wildman–Crippen MR) is 73.7 cm³/mol. The van der Waals surface area contributed by atoms with Crippen molar-refractivity contribution in [1.82, 2.24) is 4.98 Å². The van der Waals surface area contributed by atoms with E-state index >= 15 is 0 Å². The Labute approximate surface area is 106 Å². The van der Waals surface area contributed by atoms with Gasteiger partial charge in [0.25, 0.3) is 0 Å². The lowest BCUT2D eigenvalue weighted by Crippen LogP contribution is -2.17. The van der Waals surface area contributed by atoms with Crippen LogP contribution in [-0.2, 0) is 0 Å². The van der Waals surface area contributed by atoms with Gasteiger partial charge in [0.2, 0.25) is 0 Å². The standard InChI is InChI=1S/C14H16N2S/c1-11-15-10-14(17-11)12-5-4-6-13(9-12)16-7-2-3-8-16/h4-6,9-10H,2-3,7-8H2,1H3. The topological polar surface area (TPSA) is 16.1 Å². The van der Waals surface area contributed by atoms with E-state index in [4.69, 9.17) is 0 Å². The van der Waals surface area contributed by atoms with Crippen molar-refractivity contribution in [3.05, 3.63) is 35.5 Å². The second kappa shape index (κ2) is 4.49. The molecule has 0 radical (unpaired) electrons. The fourth-order valence-corrected chi connectivity index (χ4v) is 3.10. The van der Waals surface area contributed by atoms with Gasteiger partial charge in [0.15, 0.2) is 0 Å². The Kier molecular flexibility index (Phi) is 2.85. The van der Waals surface area contributed by atoms with E-state index in [-0.39, 0.29) is 0 Å². The molecule has 1 fully saturated rings. The number of hydrogen-bond donors (Lipinski definition) is 0. The van der Waals surface area contributed by atoms with Crippen LogP contribution in [0.15, 0.2) is 30.5 Å². The average Bonchev–Trinajstić information content (AvgIpc) is 3.00. The molecule has 2 heterocycles. The van der Waals surface area contributed by atoms with E-state index in [1.165, 1.54) is 42.1 Å². The van der Waals surface area contributed by atoms with Crippen molar-refractivity contribution in [3.8, 4) is 10.4 Å². The highest BCUT2D eigenvalue weighted by Crippen LogP contribution is 2.30. The van der Waals surface area contributed by atoms with E-state index < -0.39 is 0 Å². The molecule has 0 saturated carbocycles. The molecule has 0 N–H and O–H groups in total. The minimum Gasteiger partial charge on any atom is -0.372 e. The zero-order chi connectivity index (χ0) is 11.7. The number of aryl methyl sites for hydroxylation is 1. The molecule has 3 rings (SSSR count). The van der Waals surface area contributed by atoms with Gasteiger partial charge in [-0.2, -0.15) is 0 Å². The van der Waals surface area contributed by atoms with Gasteiger partial charge in [0.05, 0.1) is 9.88 Å². The molecule has 0 spiro atoms. The molecule has 0 bridgehead atoms. The van der Waals surface area contributed by atoms with E-state index in [0.29, 0.717) is 0 Å². The molecular formula is C14H16N2S. The van der Waals surface area contributed by atoms with Crippen LogP contribution in [-0.4, -0.2) is 18.1 Å². The Morgan fingerprint density at radius 1 is 1.24 bits per heavy atom. The highest BCUT2D eigenvalue weighted by atomic mass is 32.1. The summed E-state index contributed by atoms with van der Waals surface area (Å²) in [5.74, 6) is 0. The normalized spacial score (nSPS) is 15.5. The molecule has 1 aromatic carbocycles. The first-order chi connectivity index (χ1) is 8.33. The van der Waals surface area contributed by atoms with Crippen molar-refractivity contribution in [2.75, 3.05) is 18.0 Å². The molecule has 2 aromatic rings. The number of nitrogens with zero attached hydrogens (tertiary/aromatic N) is 2. The molecule has 0 aliphatic carbocycles. The summed E-state index contributed by atoms with van der Waals surface area (Å²) in [4.78, 5) is 8.06. The van der Waals surface area contributed by atoms with Gasteiger partial charge in [0.1, 0.15) is 0 Å². The van der Waals surface area contributed by atoms with E-state index in [0.717, 1.165) is 5.01 Å². The molecule has 0 unspecified atom stereocenters. The van der Waals surface area contributed by atoms with Crippen molar-refractivity contribution in [2.45, 2.75) is 19.8 Å². The second-order valence-electron chi connectivity index (χ2n) is 4.49. The van der Waals surface area contributed by atoms with Crippen LogP contribution < -0.4 is 4.90 Å². The summed E-state index contributed by atoms with van der Waals surface area (Å²) >= 11 is 1.76. The summed E-state index contributed by atoms with van der Waals surface area (Å²) in [6.07, 6.45) is 4.62. The van der Waals surface area contributed by atoms with Crippen LogP contribution in [0.25, 0.3) is 10.4 Å². The number of aromatic nitrogens is 1. The summed E-state index contributed by atoms with van der Waals surface area (Å²) in [6.45, 7) is 4.45. The molecule has 0 amide bonds. The maximum Gasteiger partial charge on any atom is 0.0900 e. The molecular weight excluding hydrogens is 228 g/mol. The minimum absolute atomic E-state index is 1.13. The Morgan fingerprint density at radius 2 is 2.06 bits per heavy atom. The van der Waals surface area contributed by atoms with Crippen LogP contribution in [0.2, 0.25) is 0 Å². The predicted octanol–water partition coefficient (Wildman–Crippen LogP) is 3.72. The van der Waals surface area contributed by atoms with Crippen LogP contribution in [0.4, 0.5) is 5.69 Å². The quantitative estimate of drug-likeness (QED) is 0.800. The minimum atomic E-state index is 1.13. The Hall–Kier alpha value is -1.35. The molecule has 17 heavy (non-hydrogen) atoms. The van der Waals surface area contributed by atoms with Gasteiger partial charge in [-0.1, -0.05) is 12.1 Å². The smallest absolute Gasteiger partial charge is 0.0900 e. The summed E-state index contributed by atoms with van der Waals surface area (Å²) in [5, 5.41) is 1.13. The first-order valence-corrected chi connectivity index (χ1v) is 6.92. The maximum absolute atomic E-state index is 4.33. The Morgan fingerprint density at radius 3 is 2.76 bits per heavy atom. The van der Waals surface area contributed by atoms with Crippen molar-refractivity contribution in [3.63, 3.8) is 0 Å². The van der Waals surface area contributed by atoms with E-state index in [2.05, 4.69) is 41.1 Å². The van der Waals surface area contributed by atoms with Gasteiger partial charge in [-0.05, 0) is 37.5 Å². The van der Waals surface area contributed by atoms with Crippen LogP contribution in [0.1, 0.15) is 17.8 Å². The molecule has 1 aliphatic rings. The van der Waals surface area contributed by atoms with Crippen LogP contribution >= 0.6 is 11.3 Å². The number of benzene rings is 1. The van der Waals surface area contributed by atoms with E-state index in [9.17, 15) is 0 Å². The largest absolute Gasteiger partial charge is 0.372 e. The number of thiazole rings is 1. The molecule has 2 nitrogen and oxygen atoms in total. The van der Waals surface area contributed by atoms with Gasteiger partial charge in [-0.3, -0.25) is 0 Å². The third kappa shape index (κ3) is 2.20.